The van der Waals surface area contributed by atoms with Gasteiger partial charge in [-0.15, -0.1) is 24.0 Å². The second-order valence-corrected chi connectivity index (χ2v) is 6.31. The molecule has 1 aliphatic heterocycles. The van der Waals surface area contributed by atoms with Crippen LogP contribution in [0.4, 0.5) is 0 Å². The van der Waals surface area contributed by atoms with Crippen LogP contribution in [0, 0.1) is 0 Å². The van der Waals surface area contributed by atoms with E-state index >= 15 is 0 Å². The second-order valence-electron chi connectivity index (χ2n) is 6.31. The van der Waals surface area contributed by atoms with E-state index in [9.17, 15) is 0 Å². The number of halogens is 1. The smallest absolute Gasteiger partial charge is 0.190 e. The van der Waals surface area contributed by atoms with Crippen molar-refractivity contribution in [3.8, 4) is 5.75 Å². The maximum absolute atomic E-state index is 5.56. The first-order chi connectivity index (χ1) is 12.3. The number of hydrogen-bond donors (Lipinski definition) is 2. The lowest BCUT2D eigenvalue weighted by Crippen LogP contribution is -2.38. The molecule has 0 bridgehead atoms. The van der Waals surface area contributed by atoms with Crippen LogP contribution in [0.3, 0.4) is 0 Å². The highest BCUT2D eigenvalue weighted by Crippen LogP contribution is 2.25. The Kier molecular flexibility index (Phi) is 8.74. The quantitative estimate of drug-likeness (QED) is 0.285. The fourth-order valence-electron chi connectivity index (χ4n) is 3.09. The van der Waals surface area contributed by atoms with Crippen molar-refractivity contribution in [1.29, 1.82) is 0 Å². The predicted octanol–water partition coefficient (Wildman–Crippen LogP) is 3.58. The van der Waals surface area contributed by atoms with Crippen LogP contribution in [-0.2, 0) is 19.3 Å². The minimum atomic E-state index is 0. The Balaban J connectivity index is 0.00000243. The Bertz CT molecular complexity index is 704. The first-order valence-corrected chi connectivity index (χ1v) is 9.08. The lowest BCUT2D eigenvalue weighted by molar-refractivity contribution is 0.357. The molecule has 0 fully saturated rings. The largest absolute Gasteiger partial charge is 0.493 e. The summed E-state index contributed by atoms with van der Waals surface area (Å²) in [7, 11) is 1.82. The molecule has 140 valence electrons. The number of nitrogens with one attached hydrogen (secondary N) is 2. The van der Waals surface area contributed by atoms with Gasteiger partial charge in [0, 0.05) is 26.6 Å². The van der Waals surface area contributed by atoms with Gasteiger partial charge in [0.1, 0.15) is 5.75 Å². The summed E-state index contributed by atoms with van der Waals surface area (Å²) in [5, 5.41) is 6.78. The van der Waals surface area contributed by atoms with Crippen LogP contribution < -0.4 is 15.4 Å². The summed E-state index contributed by atoms with van der Waals surface area (Å²) in [5.74, 6) is 1.92. The average Bonchev–Trinajstić information content (AvgIpc) is 3.12. The molecule has 0 spiro atoms. The van der Waals surface area contributed by atoms with Gasteiger partial charge in [0.25, 0.3) is 0 Å². The van der Waals surface area contributed by atoms with Crippen molar-refractivity contribution in [3.63, 3.8) is 0 Å². The van der Waals surface area contributed by atoms with Crippen molar-refractivity contribution in [1.82, 2.24) is 10.6 Å². The zero-order valence-corrected chi connectivity index (χ0v) is 17.7. The summed E-state index contributed by atoms with van der Waals surface area (Å²) in [4.78, 5) is 4.30. The van der Waals surface area contributed by atoms with Crippen LogP contribution in [0.25, 0.3) is 0 Å². The first kappa shape index (κ1) is 20.6. The van der Waals surface area contributed by atoms with Gasteiger partial charge in [-0.05, 0) is 42.0 Å². The second kappa shape index (κ2) is 11.1. The number of aryl methyl sites for hydroxylation is 1. The number of guanidine groups is 1. The van der Waals surface area contributed by atoms with Crippen LogP contribution in [-0.4, -0.2) is 32.7 Å². The third kappa shape index (κ3) is 6.20. The highest BCUT2D eigenvalue weighted by molar-refractivity contribution is 14.0. The predicted molar refractivity (Wildman–Crippen MR) is 119 cm³/mol. The fraction of sp³-hybridized carbons (Fsp3) is 0.381. The Morgan fingerprint density at radius 3 is 2.62 bits per heavy atom. The van der Waals surface area contributed by atoms with E-state index < -0.39 is 0 Å². The number of benzene rings is 2. The van der Waals surface area contributed by atoms with E-state index in [1.54, 1.807) is 0 Å². The van der Waals surface area contributed by atoms with Crippen LogP contribution in [0.15, 0.2) is 53.5 Å². The van der Waals surface area contributed by atoms with Gasteiger partial charge in [0.2, 0.25) is 0 Å². The summed E-state index contributed by atoms with van der Waals surface area (Å²) in [5.41, 5.74) is 4.06. The van der Waals surface area contributed by atoms with Crippen molar-refractivity contribution in [2.45, 2.75) is 25.7 Å². The molecular formula is C21H28IN3O. The van der Waals surface area contributed by atoms with Gasteiger partial charge in [-0.25, -0.2) is 0 Å². The SMILES string of the molecule is CN=C(NCCCc1ccccc1)NCCc1ccc2c(c1)CCO2.I. The van der Waals surface area contributed by atoms with Gasteiger partial charge in [-0.1, -0.05) is 42.5 Å². The van der Waals surface area contributed by atoms with E-state index in [0.717, 1.165) is 57.1 Å². The van der Waals surface area contributed by atoms with E-state index in [1.807, 2.05) is 7.05 Å². The lowest BCUT2D eigenvalue weighted by atomic mass is 10.1. The number of hydrogen-bond acceptors (Lipinski definition) is 2. The summed E-state index contributed by atoms with van der Waals surface area (Å²) in [6.07, 6.45) is 4.19. The average molecular weight is 465 g/mol. The van der Waals surface area contributed by atoms with Crippen molar-refractivity contribution in [3.05, 3.63) is 65.2 Å². The van der Waals surface area contributed by atoms with Gasteiger partial charge >= 0.3 is 0 Å². The molecule has 2 aromatic rings. The third-order valence-electron chi connectivity index (χ3n) is 4.46. The molecule has 0 aliphatic carbocycles. The van der Waals surface area contributed by atoms with E-state index in [1.165, 1.54) is 16.7 Å². The molecule has 5 heteroatoms. The van der Waals surface area contributed by atoms with Gasteiger partial charge in [0.15, 0.2) is 5.96 Å². The van der Waals surface area contributed by atoms with Gasteiger partial charge in [-0.2, -0.15) is 0 Å². The highest BCUT2D eigenvalue weighted by atomic mass is 127. The van der Waals surface area contributed by atoms with Crippen molar-refractivity contribution in [2.24, 2.45) is 4.99 Å². The molecule has 2 aromatic carbocycles. The maximum Gasteiger partial charge on any atom is 0.190 e. The molecule has 0 saturated heterocycles. The Hall–Kier alpha value is -1.76. The number of fused-ring (bicyclic) bond motifs is 1. The van der Waals surface area contributed by atoms with Gasteiger partial charge in [-0.3, -0.25) is 4.99 Å². The molecule has 0 radical (unpaired) electrons. The zero-order valence-electron chi connectivity index (χ0n) is 15.3. The molecule has 0 amide bonds. The molecule has 0 unspecified atom stereocenters. The Morgan fingerprint density at radius 1 is 1.00 bits per heavy atom. The zero-order chi connectivity index (χ0) is 17.3. The molecule has 3 rings (SSSR count). The fourth-order valence-corrected chi connectivity index (χ4v) is 3.09. The van der Waals surface area contributed by atoms with Crippen LogP contribution in [0.2, 0.25) is 0 Å². The highest BCUT2D eigenvalue weighted by Gasteiger charge is 2.11. The summed E-state index contributed by atoms with van der Waals surface area (Å²) in [6.45, 7) is 2.61. The minimum absolute atomic E-state index is 0. The van der Waals surface area contributed by atoms with Crippen LogP contribution >= 0.6 is 24.0 Å². The number of nitrogens with zero attached hydrogens (tertiary/aromatic N) is 1. The topological polar surface area (TPSA) is 45.7 Å². The molecule has 26 heavy (non-hydrogen) atoms. The number of ether oxygens (including phenoxy) is 1. The number of aliphatic imine (C=N–C) groups is 1. The monoisotopic (exact) mass is 465 g/mol. The summed E-state index contributed by atoms with van der Waals surface area (Å²) in [6, 6.07) is 17.1. The van der Waals surface area contributed by atoms with Crippen LogP contribution in [0.1, 0.15) is 23.1 Å². The summed E-state index contributed by atoms with van der Waals surface area (Å²) < 4.78 is 5.56. The standard InChI is InChI=1S/C21H27N3O.HI/c1-22-21(23-13-5-8-17-6-3-2-4-7-17)24-14-11-18-9-10-20-19(16-18)12-15-25-20;/h2-4,6-7,9-10,16H,5,8,11-15H2,1H3,(H2,22,23,24);1H. The van der Waals surface area contributed by atoms with Gasteiger partial charge in [0.05, 0.1) is 6.61 Å². The van der Waals surface area contributed by atoms with Crippen LogP contribution in [0.5, 0.6) is 5.75 Å². The molecule has 1 heterocycles. The van der Waals surface area contributed by atoms with Crippen molar-refractivity contribution < 1.29 is 4.74 Å². The molecular weight excluding hydrogens is 437 g/mol. The first-order valence-electron chi connectivity index (χ1n) is 9.08. The van der Waals surface area contributed by atoms with E-state index in [2.05, 4.69) is 64.2 Å². The maximum atomic E-state index is 5.56. The molecule has 1 aliphatic rings. The normalized spacial score (nSPS) is 12.7. The van der Waals surface area contributed by atoms with E-state index in [0.29, 0.717) is 0 Å². The van der Waals surface area contributed by atoms with Gasteiger partial charge < -0.3 is 15.4 Å². The van der Waals surface area contributed by atoms with E-state index in [4.69, 9.17) is 4.74 Å². The molecule has 2 N–H and O–H groups in total. The Labute approximate surface area is 173 Å². The number of rotatable bonds is 7. The van der Waals surface area contributed by atoms with E-state index in [-0.39, 0.29) is 24.0 Å². The minimum Gasteiger partial charge on any atom is -0.493 e. The molecule has 0 atom stereocenters. The third-order valence-corrected chi connectivity index (χ3v) is 4.46. The molecule has 0 saturated carbocycles. The lowest BCUT2D eigenvalue weighted by Gasteiger charge is -2.12. The Morgan fingerprint density at radius 2 is 1.81 bits per heavy atom. The van der Waals surface area contributed by atoms with Crippen molar-refractivity contribution >= 4 is 29.9 Å². The molecule has 4 nitrogen and oxygen atoms in total. The van der Waals surface area contributed by atoms with Crippen molar-refractivity contribution in [2.75, 3.05) is 26.7 Å². The summed E-state index contributed by atoms with van der Waals surface area (Å²) >= 11 is 0. The molecule has 0 aromatic heterocycles.